The number of hydrogen-bond donors (Lipinski definition) is 2. The summed E-state index contributed by atoms with van der Waals surface area (Å²) in [5, 5.41) is 4.97. The summed E-state index contributed by atoms with van der Waals surface area (Å²) in [5.74, 6) is -3.17. The van der Waals surface area contributed by atoms with Crippen LogP contribution in [-0.2, 0) is 11.3 Å². The van der Waals surface area contributed by atoms with Crippen molar-refractivity contribution in [3.63, 3.8) is 0 Å². The van der Waals surface area contributed by atoms with Gasteiger partial charge in [0.15, 0.2) is 12.4 Å². The monoisotopic (exact) mass is 429 g/mol. The van der Waals surface area contributed by atoms with Crippen LogP contribution in [0.4, 0.5) is 23.5 Å². The van der Waals surface area contributed by atoms with Crippen LogP contribution in [0.2, 0.25) is 0 Å². The third kappa shape index (κ3) is 6.94. The number of nitrogens with zero attached hydrogens (tertiary/aromatic N) is 3. The van der Waals surface area contributed by atoms with Crippen LogP contribution >= 0.6 is 0 Å². The van der Waals surface area contributed by atoms with Crippen molar-refractivity contribution in [2.75, 3.05) is 11.9 Å². The lowest BCUT2D eigenvalue weighted by atomic mass is 10.2. The molecule has 0 aliphatic rings. The van der Waals surface area contributed by atoms with Gasteiger partial charge in [0.2, 0.25) is 11.9 Å². The van der Waals surface area contributed by atoms with Gasteiger partial charge in [-0.1, -0.05) is 13.8 Å². The summed E-state index contributed by atoms with van der Waals surface area (Å²) in [6.07, 6.45) is -3.54. The van der Waals surface area contributed by atoms with Gasteiger partial charge in [-0.2, -0.15) is 13.2 Å². The van der Waals surface area contributed by atoms with Gasteiger partial charge >= 0.3 is 6.18 Å². The zero-order valence-corrected chi connectivity index (χ0v) is 16.3. The number of hydrogen-bond acceptors (Lipinski definition) is 6. The quantitative estimate of drug-likeness (QED) is 0.656. The molecule has 0 bridgehead atoms. The lowest BCUT2D eigenvalue weighted by molar-refractivity contribution is -0.154. The molecule has 30 heavy (non-hydrogen) atoms. The van der Waals surface area contributed by atoms with Crippen molar-refractivity contribution in [1.29, 1.82) is 0 Å². The third-order valence-corrected chi connectivity index (χ3v) is 3.54. The highest BCUT2D eigenvalue weighted by molar-refractivity contribution is 5.94. The third-order valence-electron chi connectivity index (χ3n) is 3.54. The molecule has 12 heteroatoms. The summed E-state index contributed by atoms with van der Waals surface area (Å²) in [6, 6.07) is 2.30. The van der Waals surface area contributed by atoms with E-state index in [1.807, 2.05) is 0 Å². The molecule has 0 fully saturated rings. The Morgan fingerprint density at radius 1 is 1.20 bits per heavy atom. The van der Waals surface area contributed by atoms with Crippen molar-refractivity contribution in [3.8, 4) is 5.88 Å². The number of rotatable bonds is 7. The number of anilines is 1. The first kappa shape index (κ1) is 23.0. The Hall–Kier alpha value is -3.31. The summed E-state index contributed by atoms with van der Waals surface area (Å²) >= 11 is 0. The van der Waals surface area contributed by atoms with E-state index in [9.17, 15) is 27.2 Å². The van der Waals surface area contributed by atoms with Crippen LogP contribution in [0, 0.1) is 18.7 Å². The van der Waals surface area contributed by atoms with Gasteiger partial charge in [0, 0.05) is 24.4 Å². The minimum atomic E-state index is -4.62. The minimum absolute atomic E-state index is 0.0277. The fraction of sp³-hybridized carbons (Fsp3) is 0.389. The van der Waals surface area contributed by atoms with Gasteiger partial charge in [-0.15, -0.1) is 0 Å². The molecular formula is C18H19F4N5O3. The summed E-state index contributed by atoms with van der Waals surface area (Å²) < 4.78 is 54.5. The van der Waals surface area contributed by atoms with Gasteiger partial charge in [0.25, 0.3) is 11.8 Å². The maximum atomic E-state index is 13.8. The number of amides is 2. The number of halogens is 4. The predicted molar refractivity (Wildman–Crippen MR) is 97.2 cm³/mol. The number of carbonyl (C=O) groups excluding carboxylic acids is 2. The van der Waals surface area contributed by atoms with Crippen LogP contribution < -0.4 is 15.4 Å². The molecule has 0 saturated heterocycles. The number of ether oxygens (including phenoxy) is 1. The average molecular weight is 429 g/mol. The fourth-order valence-electron chi connectivity index (χ4n) is 2.09. The highest BCUT2D eigenvalue weighted by atomic mass is 19.4. The smallest absolute Gasteiger partial charge is 0.422 e. The SMILES string of the molecule is Cc1cc(C(=O)NCc2cnc(OCC(F)(F)F)c(F)c2)nc(NC(=O)C(C)C)n1. The molecule has 0 saturated carbocycles. The van der Waals surface area contributed by atoms with E-state index < -0.39 is 30.4 Å². The van der Waals surface area contributed by atoms with Gasteiger partial charge in [0.1, 0.15) is 5.69 Å². The summed E-state index contributed by atoms with van der Waals surface area (Å²) in [7, 11) is 0. The van der Waals surface area contributed by atoms with Crippen molar-refractivity contribution in [3.05, 3.63) is 41.1 Å². The Balaban J connectivity index is 2.02. The molecule has 2 N–H and O–H groups in total. The zero-order chi connectivity index (χ0) is 22.5. The topological polar surface area (TPSA) is 106 Å². The van der Waals surface area contributed by atoms with E-state index >= 15 is 0 Å². The first-order valence-corrected chi connectivity index (χ1v) is 8.73. The van der Waals surface area contributed by atoms with Crippen LogP contribution in [0.25, 0.3) is 0 Å². The molecule has 0 aliphatic heterocycles. The molecule has 0 radical (unpaired) electrons. The van der Waals surface area contributed by atoms with Crippen molar-refractivity contribution < 1.29 is 31.9 Å². The highest BCUT2D eigenvalue weighted by Crippen LogP contribution is 2.20. The van der Waals surface area contributed by atoms with E-state index in [-0.39, 0.29) is 35.6 Å². The first-order valence-electron chi connectivity index (χ1n) is 8.73. The number of pyridine rings is 1. The molecule has 0 spiro atoms. The number of aryl methyl sites for hydroxylation is 1. The average Bonchev–Trinajstić information content (AvgIpc) is 2.64. The van der Waals surface area contributed by atoms with Crippen molar-refractivity contribution >= 4 is 17.8 Å². The number of carbonyl (C=O) groups is 2. The second-order valence-corrected chi connectivity index (χ2v) is 6.58. The number of alkyl halides is 3. The first-order chi connectivity index (χ1) is 13.9. The fourth-order valence-corrected chi connectivity index (χ4v) is 2.09. The Labute approximate surface area is 169 Å². The van der Waals surface area contributed by atoms with Crippen molar-refractivity contribution in [1.82, 2.24) is 20.3 Å². The van der Waals surface area contributed by atoms with Gasteiger partial charge in [-0.3, -0.25) is 14.9 Å². The van der Waals surface area contributed by atoms with Gasteiger partial charge in [-0.25, -0.2) is 19.3 Å². The largest absolute Gasteiger partial charge is 0.466 e. The van der Waals surface area contributed by atoms with E-state index in [1.54, 1.807) is 20.8 Å². The van der Waals surface area contributed by atoms with Crippen LogP contribution in [0.5, 0.6) is 5.88 Å². The second-order valence-electron chi connectivity index (χ2n) is 6.58. The molecule has 0 aliphatic carbocycles. The Bertz CT molecular complexity index is 935. The van der Waals surface area contributed by atoms with Crippen LogP contribution in [0.3, 0.4) is 0 Å². The molecular weight excluding hydrogens is 410 g/mol. The van der Waals surface area contributed by atoms with E-state index in [0.717, 1.165) is 12.3 Å². The zero-order valence-electron chi connectivity index (χ0n) is 16.3. The summed E-state index contributed by atoms with van der Waals surface area (Å²) in [6.45, 7) is 3.15. The minimum Gasteiger partial charge on any atom is -0.466 e. The van der Waals surface area contributed by atoms with E-state index in [0.29, 0.717) is 5.69 Å². The Kier molecular flexibility index (Phi) is 7.24. The van der Waals surface area contributed by atoms with Crippen LogP contribution in [0.1, 0.15) is 35.6 Å². The van der Waals surface area contributed by atoms with E-state index in [2.05, 4.69) is 30.3 Å². The van der Waals surface area contributed by atoms with Gasteiger partial charge < -0.3 is 10.1 Å². The van der Waals surface area contributed by atoms with Crippen molar-refractivity contribution in [2.45, 2.75) is 33.5 Å². The standard InChI is InChI=1S/C18H19F4N5O3/c1-9(2)14(28)27-17-25-10(3)4-13(26-17)15(29)23-6-11-5-12(19)16(24-7-11)30-8-18(20,21)22/h4-5,7,9H,6,8H2,1-3H3,(H,23,29)(H,25,26,27,28). The lowest BCUT2D eigenvalue weighted by Gasteiger charge is -2.11. The molecule has 8 nitrogen and oxygen atoms in total. The second kappa shape index (κ2) is 9.46. The lowest BCUT2D eigenvalue weighted by Crippen LogP contribution is -2.26. The Morgan fingerprint density at radius 2 is 1.90 bits per heavy atom. The molecule has 2 heterocycles. The van der Waals surface area contributed by atoms with Crippen molar-refractivity contribution in [2.24, 2.45) is 5.92 Å². The molecule has 2 aromatic rings. The molecule has 0 atom stereocenters. The highest BCUT2D eigenvalue weighted by Gasteiger charge is 2.29. The molecule has 0 aromatic carbocycles. The van der Waals surface area contributed by atoms with Gasteiger partial charge in [0.05, 0.1) is 0 Å². The molecule has 162 valence electrons. The van der Waals surface area contributed by atoms with E-state index in [4.69, 9.17) is 0 Å². The molecule has 2 rings (SSSR count). The van der Waals surface area contributed by atoms with Crippen LogP contribution in [0.15, 0.2) is 18.3 Å². The van der Waals surface area contributed by atoms with E-state index in [1.165, 1.54) is 6.07 Å². The molecule has 2 aromatic heterocycles. The summed E-state index contributed by atoms with van der Waals surface area (Å²) in [5.41, 5.74) is 0.604. The molecule has 2 amide bonds. The van der Waals surface area contributed by atoms with Gasteiger partial charge in [-0.05, 0) is 24.6 Å². The maximum absolute atomic E-state index is 13.8. The molecule has 0 unspecified atom stereocenters. The Morgan fingerprint density at radius 3 is 2.50 bits per heavy atom. The van der Waals surface area contributed by atoms with Crippen LogP contribution in [-0.4, -0.2) is 39.5 Å². The number of aromatic nitrogens is 3. The predicted octanol–water partition coefficient (Wildman–Crippen LogP) is 2.78. The maximum Gasteiger partial charge on any atom is 0.422 e. The number of nitrogens with one attached hydrogen (secondary N) is 2. The summed E-state index contributed by atoms with van der Waals surface area (Å²) in [4.78, 5) is 35.6. The normalized spacial score (nSPS) is 11.3.